The number of halogens is 1. The summed E-state index contributed by atoms with van der Waals surface area (Å²) in [5, 5.41) is 11.0. The fourth-order valence-electron chi connectivity index (χ4n) is 3.90. The number of carbonyl (C=O) groups is 2. The summed E-state index contributed by atoms with van der Waals surface area (Å²) in [4.78, 5) is 30.1. The van der Waals surface area contributed by atoms with Crippen LogP contribution >= 0.6 is 11.8 Å². The summed E-state index contributed by atoms with van der Waals surface area (Å²) in [6, 6.07) is 18.3. The number of esters is 1. The zero-order valence-corrected chi connectivity index (χ0v) is 23.1. The number of carbonyl (C=O) groups excluding carboxylic acids is 2. The Morgan fingerprint density at radius 3 is 2.50 bits per heavy atom. The summed E-state index contributed by atoms with van der Waals surface area (Å²) in [5.74, 6) is -1.07. The first-order valence-corrected chi connectivity index (χ1v) is 13.5. The maximum Gasteiger partial charge on any atom is 0.344 e. The van der Waals surface area contributed by atoms with Crippen LogP contribution in [-0.2, 0) is 16.1 Å². The van der Waals surface area contributed by atoms with Crippen LogP contribution in [0.5, 0.6) is 11.5 Å². The molecule has 0 atom stereocenters. The summed E-state index contributed by atoms with van der Waals surface area (Å²) < 4.78 is 30.3. The number of aliphatic hydroxyl groups excluding tert-OH is 1. The zero-order valence-electron chi connectivity index (χ0n) is 22.3. The number of amides is 1. The number of benzene rings is 3. The highest BCUT2D eigenvalue weighted by molar-refractivity contribution is 8.18. The first-order chi connectivity index (χ1) is 19.3. The topological polar surface area (TPSA) is 94.4 Å². The van der Waals surface area contributed by atoms with E-state index in [4.69, 9.17) is 14.2 Å². The third-order valence-electron chi connectivity index (χ3n) is 5.80. The number of nitrogens with zero attached hydrogens (tertiary/aromatic N) is 1. The lowest BCUT2D eigenvalue weighted by Crippen LogP contribution is -2.14. The van der Waals surface area contributed by atoms with E-state index in [9.17, 15) is 19.1 Å². The molecular weight excluding hydrogens is 533 g/mol. The fraction of sp³-hybridized carbons (Fsp3) is 0.194. The van der Waals surface area contributed by atoms with Gasteiger partial charge in [0.2, 0.25) is 0 Å². The fourth-order valence-corrected chi connectivity index (χ4v) is 4.91. The minimum absolute atomic E-state index is 0.0514. The van der Waals surface area contributed by atoms with Gasteiger partial charge in [0.15, 0.2) is 11.5 Å². The Hall–Kier alpha value is -4.37. The third kappa shape index (κ3) is 6.79. The quantitative estimate of drug-likeness (QED) is 0.287. The molecule has 1 heterocycles. The molecule has 1 N–H and O–H groups in total. The Morgan fingerprint density at radius 1 is 0.975 bits per heavy atom. The molecule has 0 unspecified atom stereocenters. The molecule has 0 aromatic heterocycles. The van der Waals surface area contributed by atoms with Crippen LogP contribution in [0, 0.1) is 12.7 Å². The number of rotatable bonds is 9. The molecule has 0 saturated heterocycles. The maximum absolute atomic E-state index is 13.5. The number of hydrogen-bond acceptors (Lipinski definition) is 7. The van der Waals surface area contributed by atoms with Gasteiger partial charge in [-0.1, -0.05) is 48.2 Å². The SMILES string of the molecule is CCOC(=O)C1=C(O)/C(=C/c2ccc(OCc3cccc(F)c3)c(OCC)c2)SC1=NC(=O)c1ccccc1C. The molecule has 40 heavy (non-hydrogen) atoms. The van der Waals surface area contributed by atoms with E-state index in [2.05, 4.69) is 4.99 Å². The summed E-state index contributed by atoms with van der Waals surface area (Å²) in [6.45, 7) is 5.89. The molecule has 1 amide bonds. The lowest BCUT2D eigenvalue weighted by Gasteiger charge is -2.13. The lowest BCUT2D eigenvalue weighted by molar-refractivity contribution is -0.138. The normalized spacial score (nSPS) is 15.0. The van der Waals surface area contributed by atoms with Crippen LogP contribution in [0.3, 0.4) is 0 Å². The molecule has 0 saturated carbocycles. The predicted octanol–water partition coefficient (Wildman–Crippen LogP) is 6.81. The minimum Gasteiger partial charge on any atom is -0.506 e. The second-order valence-electron chi connectivity index (χ2n) is 8.65. The van der Waals surface area contributed by atoms with E-state index in [1.54, 1.807) is 68.5 Å². The first-order valence-electron chi connectivity index (χ1n) is 12.6. The summed E-state index contributed by atoms with van der Waals surface area (Å²) >= 11 is 0.995. The molecule has 0 aliphatic carbocycles. The van der Waals surface area contributed by atoms with Crippen LogP contribution in [0.15, 0.2) is 88.0 Å². The number of aliphatic hydroxyl groups is 1. The largest absolute Gasteiger partial charge is 0.506 e. The summed E-state index contributed by atoms with van der Waals surface area (Å²) in [7, 11) is 0. The second kappa shape index (κ2) is 13.1. The van der Waals surface area contributed by atoms with Gasteiger partial charge >= 0.3 is 5.97 Å². The molecule has 0 bridgehead atoms. The van der Waals surface area contributed by atoms with Crippen molar-refractivity contribution in [1.29, 1.82) is 0 Å². The van der Waals surface area contributed by atoms with Crippen molar-refractivity contribution in [3.8, 4) is 11.5 Å². The van der Waals surface area contributed by atoms with Crippen LogP contribution in [0.2, 0.25) is 0 Å². The smallest absolute Gasteiger partial charge is 0.344 e. The molecule has 0 fully saturated rings. The van der Waals surface area contributed by atoms with Crippen molar-refractivity contribution in [3.05, 3.63) is 111 Å². The Morgan fingerprint density at radius 2 is 1.77 bits per heavy atom. The van der Waals surface area contributed by atoms with Gasteiger partial charge in [0.25, 0.3) is 5.91 Å². The third-order valence-corrected chi connectivity index (χ3v) is 6.82. The van der Waals surface area contributed by atoms with Crippen molar-refractivity contribution < 1.29 is 33.3 Å². The van der Waals surface area contributed by atoms with Gasteiger partial charge in [-0.3, -0.25) is 4.79 Å². The van der Waals surface area contributed by atoms with E-state index in [0.29, 0.717) is 39.7 Å². The number of hydrogen-bond donors (Lipinski definition) is 1. The van der Waals surface area contributed by atoms with Gasteiger partial charge < -0.3 is 19.3 Å². The highest BCUT2D eigenvalue weighted by atomic mass is 32.2. The average molecular weight is 562 g/mol. The minimum atomic E-state index is -0.775. The number of aliphatic imine (C=N–C) groups is 1. The van der Waals surface area contributed by atoms with E-state index >= 15 is 0 Å². The highest BCUT2D eigenvalue weighted by Gasteiger charge is 2.34. The number of aryl methyl sites for hydroxylation is 1. The molecule has 1 aliphatic heterocycles. The van der Waals surface area contributed by atoms with Gasteiger partial charge in [-0.2, -0.15) is 0 Å². The van der Waals surface area contributed by atoms with Crippen LogP contribution in [0.25, 0.3) is 6.08 Å². The van der Waals surface area contributed by atoms with Gasteiger partial charge in [-0.05, 0) is 73.9 Å². The molecule has 7 nitrogen and oxygen atoms in total. The van der Waals surface area contributed by atoms with E-state index in [1.807, 2.05) is 13.0 Å². The first kappa shape index (κ1) is 28.6. The average Bonchev–Trinajstić information content (AvgIpc) is 3.22. The van der Waals surface area contributed by atoms with Crippen LogP contribution in [0.4, 0.5) is 4.39 Å². The standard InChI is InChI=1S/C31H28FNO6S/c1-4-37-25-16-20(13-14-24(25)39-18-21-10-8-11-22(32)15-21)17-26-28(34)27(31(36)38-5-2)30(40-26)33-29(35)23-12-7-6-9-19(23)3/h6-17,34H,4-5,18H2,1-3H3/b26-17-,33-30?. The molecular formula is C31H28FNO6S. The van der Waals surface area contributed by atoms with Crippen molar-refractivity contribution in [1.82, 2.24) is 0 Å². The zero-order chi connectivity index (χ0) is 28.6. The molecule has 3 aromatic rings. The number of ether oxygens (including phenoxy) is 3. The molecule has 4 rings (SSSR count). The molecule has 9 heteroatoms. The van der Waals surface area contributed by atoms with Gasteiger partial charge in [0.05, 0.1) is 18.1 Å². The highest BCUT2D eigenvalue weighted by Crippen LogP contribution is 2.40. The van der Waals surface area contributed by atoms with Gasteiger partial charge in [-0.15, -0.1) is 0 Å². The van der Waals surface area contributed by atoms with E-state index in [1.165, 1.54) is 12.1 Å². The predicted molar refractivity (Wildman–Crippen MR) is 153 cm³/mol. The van der Waals surface area contributed by atoms with E-state index in [-0.39, 0.29) is 35.4 Å². The van der Waals surface area contributed by atoms with Gasteiger partial charge in [0.1, 0.15) is 28.8 Å². The number of thioether (sulfide) groups is 1. The summed E-state index contributed by atoms with van der Waals surface area (Å²) in [6.07, 6.45) is 1.65. The maximum atomic E-state index is 13.5. The monoisotopic (exact) mass is 561 g/mol. The molecule has 1 aliphatic rings. The van der Waals surface area contributed by atoms with Gasteiger partial charge in [0, 0.05) is 5.56 Å². The Kier molecular flexibility index (Phi) is 9.39. The van der Waals surface area contributed by atoms with Crippen LogP contribution in [-0.4, -0.2) is 35.2 Å². The van der Waals surface area contributed by atoms with Crippen LogP contribution < -0.4 is 9.47 Å². The Bertz CT molecular complexity index is 1530. The van der Waals surface area contributed by atoms with Crippen molar-refractivity contribution in [2.45, 2.75) is 27.4 Å². The molecule has 0 radical (unpaired) electrons. The van der Waals surface area contributed by atoms with Crippen molar-refractivity contribution >= 4 is 34.8 Å². The molecule has 0 spiro atoms. The van der Waals surface area contributed by atoms with Crippen molar-refractivity contribution in [2.75, 3.05) is 13.2 Å². The Balaban J connectivity index is 1.64. The van der Waals surface area contributed by atoms with Crippen molar-refractivity contribution in [2.24, 2.45) is 4.99 Å². The van der Waals surface area contributed by atoms with Gasteiger partial charge in [-0.25, -0.2) is 14.2 Å². The van der Waals surface area contributed by atoms with E-state index in [0.717, 1.165) is 17.3 Å². The van der Waals surface area contributed by atoms with E-state index < -0.39 is 11.9 Å². The second-order valence-corrected chi connectivity index (χ2v) is 9.68. The summed E-state index contributed by atoms with van der Waals surface area (Å²) in [5.41, 5.74) is 2.28. The lowest BCUT2D eigenvalue weighted by atomic mass is 10.1. The molecule has 3 aromatic carbocycles. The van der Waals surface area contributed by atoms with Crippen molar-refractivity contribution in [3.63, 3.8) is 0 Å². The Labute approximate surface area is 236 Å². The molecule has 206 valence electrons. The van der Waals surface area contributed by atoms with Crippen LogP contribution in [0.1, 0.15) is 40.9 Å².